The number of aliphatic hydroxyl groups is 1. The summed E-state index contributed by atoms with van der Waals surface area (Å²) in [4.78, 5) is 4.72. The third-order valence-corrected chi connectivity index (χ3v) is 5.17. The summed E-state index contributed by atoms with van der Waals surface area (Å²) in [5.74, 6) is 2.31. The van der Waals surface area contributed by atoms with Crippen LogP contribution >= 0.6 is 24.0 Å². The molecule has 0 atom stereocenters. The van der Waals surface area contributed by atoms with E-state index in [1.165, 1.54) is 12.0 Å². The van der Waals surface area contributed by atoms with Gasteiger partial charge in [-0.15, -0.1) is 24.0 Å². The van der Waals surface area contributed by atoms with Gasteiger partial charge in [0.2, 0.25) is 0 Å². The SMILES string of the molecule is CCNC(=NCc1ccc(C)cc1OCCCC(C)C)NCC1(O)CCOCC1.I. The van der Waals surface area contributed by atoms with Gasteiger partial charge in [-0.25, -0.2) is 4.99 Å². The highest BCUT2D eigenvalue weighted by Gasteiger charge is 2.29. The Kier molecular flexibility index (Phi) is 12.7. The summed E-state index contributed by atoms with van der Waals surface area (Å²) in [5, 5.41) is 17.2. The second-order valence-electron chi connectivity index (χ2n) is 8.38. The number of ether oxygens (including phenoxy) is 2. The summed E-state index contributed by atoms with van der Waals surface area (Å²) in [7, 11) is 0. The summed E-state index contributed by atoms with van der Waals surface area (Å²) >= 11 is 0. The molecule has 1 fully saturated rings. The molecule has 30 heavy (non-hydrogen) atoms. The molecule has 1 saturated heterocycles. The summed E-state index contributed by atoms with van der Waals surface area (Å²) in [6.45, 7) is 12.3. The van der Waals surface area contributed by atoms with Crippen LogP contribution in [0.2, 0.25) is 0 Å². The minimum atomic E-state index is -0.733. The van der Waals surface area contributed by atoms with Crippen LogP contribution in [-0.2, 0) is 11.3 Å². The number of aryl methyl sites for hydroxylation is 1. The molecular formula is C23H40IN3O3. The van der Waals surface area contributed by atoms with Gasteiger partial charge >= 0.3 is 0 Å². The van der Waals surface area contributed by atoms with Crippen LogP contribution < -0.4 is 15.4 Å². The number of guanidine groups is 1. The van der Waals surface area contributed by atoms with Gasteiger partial charge in [-0.05, 0) is 44.2 Å². The number of hydrogen-bond donors (Lipinski definition) is 3. The molecule has 0 saturated carbocycles. The number of nitrogens with zero attached hydrogens (tertiary/aromatic N) is 1. The van der Waals surface area contributed by atoms with Crippen LogP contribution in [0.3, 0.4) is 0 Å². The standard InChI is InChI=1S/C23H39N3O3.HI/c1-5-24-22(26-17-23(27)10-13-28-14-11-23)25-16-20-9-8-19(4)15-21(20)29-12-6-7-18(2)3;/h8-9,15,18,27H,5-7,10-14,16-17H2,1-4H3,(H2,24,25,26);1H. The first-order valence-corrected chi connectivity index (χ1v) is 11.0. The van der Waals surface area contributed by atoms with E-state index < -0.39 is 5.60 Å². The molecule has 1 aromatic rings. The van der Waals surface area contributed by atoms with Gasteiger partial charge < -0.3 is 25.2 Å². The van der Waals surface area contributed by atoms with E-state index in [0.717, 1.165) is 30.9 Å². The molecule has 0 unspecified atom stereocenters. The van der Waals surface area contributed by atoms with E-state index in [1.807, 2.05) is 6.92 Å². The highest BCUT2D eigenvalue weighted by atomic mass is 127. The maximum absolute atomic E-state index is 10.7. The second kappa shape index (κ2) is 14.1. The van der Waals surface area contributed by atoms with Gasteiger partial charge in [-0.3, -0.25) is 0 Å². The van der Waals surface area contributed by atoms with Gasteiger partial charge in [-0.2, -0.15) is 0 Å². The normalized spacial score (nSPS) is 16.1. The molecule has 0 bridgehead atoms. The number of hydrogen-bond acceptors (Lipinski definition) is 4. The van der Waals surface area contributed by atoms with Gasteiger partial charge in [0, 0.05) is 44.7 Å². The molecule has 172 valence electrons. The third-order valence-electron chi connectivity index (χ3n) is 5.17. The summed E-state index contributed by atoms with van der Waals surface area (Å²) in [5.41, 5.74) is 1.52. The van der Waals surface area contributed by atoms with Crippen molar-refractivity contribution in [2.24, 2.45) is 10.9 Å². The van der Waals surface area contributed by atoms with Crippen molar-refractivity contribution in [3.05, 3.63) is 29.3 Å². The molecule has 2 rings (SSSR count). The topological polar surface area (TPSA) is 75.1 Å². The van der Waals surface area contributed by atoms with Crippen molar-refractivity contribution in [1.82, 2.24) is 10.6 Å². The molecule has 1 aromatic carbocycles. The molecule has 0 amide bonds. The highest BCUT2D eigenvalue weighted by Crippen LogP contribution is 2.22. The molecule has 0 aliphatic carbocycles. The molecule has 1 aliphatic heterocycles. The predicted molar refractivity (Wildman–Crippen MR) is 134 cm³/mol. The van der Waals surface area contributed by atoms with Crippen molar-refractivity contribution in [3.63, 3.8) is 0 Å². The van der Waals surface area contributed by atoms with E-state index in [0.29, 0.717) is 51.0 Å². The fraction of sp³-hybridized carbons (Fsp3) is 0.696. The smallest absolute Gasteiger partial charge is 0.191 e. The Morgan fingerprint density at radius 1 is 1.27 bits per heavy atom. The summed E-state index contributed by atoms with van der Waals surface area (Å²) in [6.07, 6.45) is 3.51. The van der Waals surface area contributed by atoms with Crippen molar-refractivity contribution in [2.75, 3.05) is 32.9 Å². The minimum absolute atomic E-state index is 0. The Bertz CT molecular complexity index is 647. The number of rotatable bonds is 10. The molecule has 7 heteroatoms. The Balaban J connectivity index is 0.00000450. The van der Waals surface area contributed by atoms with E-state index in [9.17, 15) is 5.11 Å². The maximum Gasteiger partial charge on any atom is 0.191 e. The van der Waals surface area contributed by atoms with Gasteiger partial charge in [0.05, 0.1) is 18.8 Å². The fourth-order valence-corrected chi connectivity index (χ4v) is 3.28. The molecule has 1 aliphatic rings. The predicted octanol–water partition coefficient (Wildman–Crippen LogP) is 4.02. The van der Waals surface area contributed by atoms with Crippen LogP contribution in [-0.4, -0.2) is 49.6 Å². The lowest BCUT2D eigenvalue weighted by Crippen LogP contribution is -2.49. The van der Waals surface area contributed by atoms with Gasteiger partial charge in [0.15, 0.2) is 5.96 Å². The first kappa shape index (κ1) is 27.0. The van der Waals surface area contributed by atoms with E-state index in [2.05, 4.69) is 49.6 Å². The van der Waals surface area contributed by atoms with Crippen LogP contribution in [0.5, 0.6) is 5.75 Å². The molecular weight excluding hydrogens is 493 g/mol. The van der Waals surface area contributed by atoms with Crippen molar-refractivity contribution in [1.29, 1.82) is 0 Å². The van der Waals surface area contributed by atoms with Crippen LogP contribution in [0.1, 0.15) is 57.6 Å². The van der Waals surface area contributed by atoms with E-state index in [-0.39, 0.29) is 24.0 Å². The van der Waals surface area contributed by atoms with Crippen LogP contribution in [0.15, 0.2) is 23.2 Å². The zero-order valence-corrected chi connectivity index (χ0v) is 21.3. The van der Waals surface area contributed by atoms with Gasteiger partial charge in [0.25, 0.3) is 0 Å². The van der Waals surface area contributed by atoms with Gasteiger partial charge in [0.1, 0.15) is 5.75 Å². The Hall–Kier alpha value is -1.06. The van der Waals surface area contributed by atoms with Gasteiger partial charge in [-0.1, -0.05) is 26.0 Å². The van der Waals surface area contributed by atoms with Crippen LogP contribution in [0, 0.1) is 12.8 Å². The number of nitrogens with one attached hydrogen (secondary N) is 2. The average molecular weight is 533 g/mol. The molecule has 1 heterocycles. The molecule has 3 N–H and O–H groups in total. The number of aliphatic imine (C=N–C) groups is 1. The molecule has 6 nitrogen and oxygen atoms in total. The lowest BCUT2D eigenvalue weighted by molar-refractivity contribution is -0.0594. The number of benzene rings is 1. The quantitative estimate of drug-likeness (QED) is 0.183. The van der Waals surface area contributed by atoms with Crippen molar-refractivity contribution < 1.29 is 14.6 Å². The zero-order chi connectivity index (χ0) is 21.1. The monoisotopic (exact) mass is 533 g/mol. The highest BCUT2D eigenvalue weighted by molar-refractivity contribution is 14.0. The van der Waals surface area contributed by atoms with Crippen molar-refractivity contribution in [3.8, 4) is 5.75 Å². The van der Waals surface area contributed by atoms with Crippen LogP contribution in [0.4, 0.5) is 0 Å². The average Bonchev–Trinajstić information content (AvgIpc) is 2.69. The fourth-order valence-electron chi connectivity index (χ4n) is 3.28. The maximum atomic E-state index is 10.7. The molecule has 0 spiro atoms. The van der Waals surface area contributed by atoms with Crippen molar-refractivity contribution in [2.45, 2.75) is 65.5 Å². The Labute approximate surface area is 199 Å². The summed E-state index contributed by atoms with van der Waals surface area (Å²) < 4.78 is 11.4. The molecule has 0 radical (unpaired) electrons. The van der Waals surface area contributed by atoms with Crippen LogP contribution in [0.25, 0.3) is 0 Å². The first-order valence-electron chi connectivity index (χ1n) is 11.0. The number of halogens is 1. The van der Waals surface area contributed by atoms with E-state index in [1.54, 1.807) is 0 Å². The Morgan fingerprint density at radius 3 is 2.67 bits per heavy atom. The van der Waals surface area contributed by atoms with E-state index >= 15 is 0 Å². The minimum Gasteiger partial charge on any atom is -0.493 e. The lowest BCUT2D eigenvalue weighted by atomic mass is 9.94. The second-order valence-corrected chi connectivity index (χ2v) is 8.38. The lowest BCUT2D eigenvalue weighted by Gasteiger charge is -2.32. The largest absolute Gasteiger partial charge is 0.493 e. The first-order chi connectivity index (χ1) is 13.9. The zero-order valence-electron chi connectivity index (χ0n) is 19.0. The summed E-state index contributed by atoms with van der Waals surface area (Å²) in [6, 6.07) is 6.27. The van der Waals surface area contributed by atoms with Crippen molar-refractivity contribution >= 4 is 29.9 Å². The third kappa shape index (κ3) is 9.83. The Morgan fingerprint density at radius 2 is 2.00 bits per heavy atom. The van der Waals surface area contributed by atoms with E-state index in [4.69, 9.17) is 14.5 Å². The molecule has 0 aromatic heterocycles.